The summed E-state index contributed by atoms with van der Waals surface area (Å²) in [4.78, 5) is 0. The van der Waals surface area contributed by atoms with Crippen molar-refractivity contribution in [2.24, 2.45) is 0 Å². The molecule has 0 nitrogen and oxygen atoms in total. The third-order valence-corrected chi connectivity index (χ3v) is 31.5. The second-order valence-electron chi connectivity index (χ2n) is 6.67. The molecule has 0 bridgehead atoms. The second kappa shape index (κ2) is 11.8. The Hall–Kier alpha value is 1.29. The van der Waals surface area contributed by atoms with Crippen molar-refractivity contribution in [3.8, 4) is 0 Å². The van der Waals surface area contributed by atoms with Crippen molar-refractivity contribution in [3.63, 3.8) is 0 Å². The van der Waals surface area contributed by atoms with Crippen molar-refractivity contribution in [1.82, 2.24) is 0 Å². The Bertz CT molecular complexity index is 212. The van der Waals surface area contributed by atoms with Gasteiger partial charge < -0.3 is 0 Å². The molecule has 0 atom stereocenters. The summed E-state index contributed by atoms with van der Waals surface area (Å²) in [5.74, 6) is 0. The Labute approximate surface area is 141 Å². The molecule has 0 heterocycles. The SMILES string of the molecule is CCCCCCCCCCCC[As](I)(CC)(CC)CC. The molecule has 0 amide bonds. The molecule has 0 unspecified atom stereocenters. The summed E-state index contributed by atoms with van der Waals surface area (Å²) in [6.45, 7) is 9.68. The monoisotopic (exact) mass is 458 g/mol. The van der Waals surface area contributed by atoms with Crippen LogP contribution in [0.2, 0.25) is 20.8 Å². The Morgan fingerprint density at radius 2 is 0.900 bits per heavy atom. The van der Waals surface area contributed by atoms with Crippen LogP contribution in [-0.4, -0.2) is 9.10 Å². The first-order valence-electron chi connectivity index (χ1n) is 9.26. The van der Waals surface area contributed by atoms with Gasteiger partial charge in [0.2, 0.25) is 0 Å². The third-order valence-electron chi connectivity index (χ3n) is 5.44. The molecule has 0 aliphatic carbocycles. The van der Waals surface area contributed by atoms with E-state index in [0.717, 1.165) is 0 Å². The molecule has 0 spiro atoms. The van der Waals surface area contributed by atoms with Gasteiger partial charge in [-0.2, -0.15) is 0 Å². The van der Waals surface area contributed by atoms with Crippen LogP contribution in [0.1, 0.15) is 91.9 Å². The zero-order chi connectivity index (χ0) is 15.3. The van der Waals surface area contributed by atoms with E-state index in [4.69, 9.17) is 0 Å². The van der Waals surface area contributed by atoms with E-state index in [1.165, 1.54) is 79.8 Å². The number of unbranched alkanes of at least 4 members (excludes halogenated alkanes) is 9. The van der Waals surface area contributed by atoms with Crippen molar-refractivity contribution in [2.75, 3.05) is 0 Å². The van der Waals surface area contributed by atoms with E-state index in [0.29, 0.717) is 0 Å². The summed E-state index contributed by atoms with van der Waals surface area (Å²) in [5, 5.41) is 6.11. The van der Waals surface area contributed by atoms with Crippen molar-refractivity contribution in [3.05, 3.63) is 0 Å². The van der Waals surface area contributed by atoms with Crippen LogP contribution in [0.4, 0.5) is 0 Å². The first-order chi connectivity index (χ1) is 9.54. The summed E-state index contributed by atoms with van der Waals surface area (Å²) in [5.41, 5.74) is 0. The summed E-state index contributed by atoms with van der Waals surface area (Å²) in [6.07, 6.45) is 14.7. The molecule has 0 aromatic carbocycles. The number of rotatable bonds is 14. The van der Waals surface area contributed by atoms with Crippen molar-refractivity contribution >= 4 is 29.2 Å². The first-order valence-corrected chi connectivity index (χ1v) is 20.3. The van der Waals surface area contributed by atoms with Gasteiger partial charge in [0.1, 0.15) is 0 Å². The molecular formula is C18H40AsI. The molecule has 2 heteroatoms. The molecule has 0 aromatic heterocycles. The van der Waals surface area contributed by atoms with Gasteiger partial charge in [-0.25, -0.2) is 0 Å². The predicted molar refractivity (Wildman–Crippen MR) is 108 cm³/mol. The zero-order valence-corrected chi connectivity index (χ0v) is 18.8. The maximum absolute atomic E-state index is 2.97. The van der Waals surface area contributed by atoms with Crippen LogP contribution in [-0.2, 0) is 0 Å². The maximum atomic E-state index is 2.97. The van der Waals surface area contributed by atoms with Crippen molar-refractivity contribution in [1.29, 1.82) is 0 Å². The Balaban J connectivity index is 3.56. The molecule has 0 aromatic rings. The van der Waals surface area contributed by atoms with E-state index in [2.05, 4.69) is 47.8 Å². The topological polar surface area (TPSA) is 0 Å². The van der Waals surface area contributed by atoms with Gasteiger partial charge >= 0.3 is 142 Å². The normalized spacial score (nSPS) is 14.2. The van der Waals surface area contributed by atoms with Crippen LogP contribution in [0.3, 0.4) is 0 Å². The van der Waals surface area contributed by atoms with E-state index < -0.39 is 9.10 Å². The molecule has 0 rings (SSSR count). The van der Waals surface area contributed by atoms with Crippen LogP contribution < -0.4 is 0 Å². The molecule has 0 saturated carbocycles. The standard InChI is InChI=1S/C18H40AsI/c1-5-9-10-11-12-13-14-15-16-17-18-19(20,6-2,7-3)8-4/h5-18H2,1-4H3. The minimum atomic E-state index is -1.87. The van der Waals surface area contributed by atoms with E-state index >= 15 is 0 Å². The summed E-state index contributed by atoms with van der Waals surface area (Å²) in [7, 11) is -1.87. The average molecular weight is 458 g/mol. The summed E-state index contributed by atoms with van der Waals surface area (Å²) >= 11 is 2.97. The van der Waals surface area contributed by atoms with Crippen LogP contribution in [0.25, 0.3) is 0 Å². The van der Waals surface area contributed by atoms with Crippen molar-refractivity contribution in [2.45, 2.75) is 113 Å². The van der Waals surface area contributed by atoms with Crippen LogP contribution >= 0.6 is 20.1 Å². The van der Waals surface area contributed by atoms with Gasteiger partial charge in [0, 0.05) is 0 Å². The molecule has 0 fully saturated rings. The average Bonchev–Trinajstić information content (AvgIpc) is 2.49. The molecule has 0 N–H and O–H groups in total. The molecule has 0 aliphatic rings. The minimum absolute atomic E-state index is 1.37. The Kier molecular flexibility index (Phi) is 12.6. The molecule has 0 saturated heterocycles. The quantitative estimate of drug-likeness (QED) is 0.140. The molecule has 124 valence electrons. The van der Waals surface area contributed by atoms with E-state index in [1.54, 1.807) is 5.21 Å². The molecule has 20 heavy (non-hydrogen) atoms. The number of hydrogen-bond acceptors (Lipinski definition) is 0. The fourth-order valence-corrected chi connectivity index (χ4v) is 11.8. The summed E-state index contributed by atoms with van der Waals surface area (Å²) in [6, 6.07) is 0. The van der Waals surface area contributed by atoms with Gasteiger partial charge in [-0.05, 0) is 0 Å². The van der Waals surface area contributed by atoms with Crippen LogP contribution in [0, 0.1) is 0 Å². The fourth-order valence-electron chi connectivity index (χ4n) is 3.14. The summed E-state index contributed by atoms with van der Waals surface area (Å²) < 4.78 is 0. The first kappa shape index (κ1) is 21.3. The van der Waals surface area contributed by atoms with E-state index in [9.17, 15) is 0 Å². The van der Waals surface area contributed by atoms with Crippen molar-refractivity contribution < 1.29 is 0 Å². The number of hydrogen-bond donors (Lipinski definition) is 0. The molecule has 0 radical (unpaired) electrons. The fraction of sp³-hybridized carbons (Fsp3) is 1.00. The van der Waals surface area contributed by atoms with E-state index in [1.807, 2.05) is 0 Å². The second-order valence-corrected chi connectivity index (χ2v) is 33.4. The van der Waals surface area contributed by atoms with Crippen LogP contribution in [0.15, 0.2) is 0 Å². The van der Waals surface area contributed by atoms with E-state index in [-0.39, 0.29) is 0 Å². The van der Waals surface area contributed by atoms with Crippen LogP contribution in [0.5, 0.6) is 0 Å². The third kappa shape index (κ3) is 8.66. The van der Waals surface area contributed by atoms with Gasteiger partial charge in [0.05, 0.1) is 0 Å². The van der Waals surface area contributed by atoms with Gasteiger partial charge in [-0.1, -0.05) is 0 Å². The molecular weight excluding hydrogens is 418 g/mol. The molecule has 0 aliphatic heterocycles. The van der Waals surface area contributed by atoms with Gasteiger partial charge in [-0.3, -0.25) is 0 Å². The number of halogens is 1. The van der Waals surface area contributed by atoms with Gasteiger partial charge in [0.25, 0.3) is 0 Å². The van der Waals surface area contributed by atoms with Gasteiger partial charge in [-0.15, -0.1) is 0 Å². The Morgan fingerprint density at radius 3 is 1.25 bits per heavy atom. The zero-order valence-electron chi connectivity index (χ0n) is 14.7. The van der Waals surface area contributed by atoms with Gasteiger partial charge in [0.15, 0.2) is 0 Å². The predicted octanol–water partition coefficient (Wildman–Crippen LogP) is 8.30. The Morgan fingerprint density at radius 1 is 0.550 bits per heavy atom.